The summed E-state index contributed by atoms with van der Waals surface area (Å²) >= 11 is 0. The highest BCUT2D eigenvalue weighted by Crippen LogP contribution is 2.39. The first-order valence-electron chi connectivity index (χ1n) is 7.73. The number of carbonyl (C=O) groups excluding carboxylic acids is 1. The van der Waals surface area contributed by atoms with Crippen LogP contribution < -0.4 is 9.03 Å². The third-order valence-electron chi connectivity index (χ3n) is 4.25. The lowest BCUT2D eigenvalue weighted by atomic mass is 10.1. The second kappa shape index (κ2) is 5.45. The fraction of sp³-hybridized carbons (Fsp3) is 0.333. The van der Waals surface area contributed by atoms with E-state index in [0.29, 0.717) is 15.8 Å². The Kier molecular flexibility index (Phi) is 3.46. The van der Waals surface area contributed by atoms with Crippen LogP contribution in [0.2, 0.25) is 0 Å². The molecule has 1 saturated heterocycles. The van der Waals surface area contributed by atoms with E-state index in [0.717, 1.165) is 19.4 Å². The van der Waals surface area contributed by atoms with Crippen molar-refractivity contribution in [3.63, 3.8) is 0 Å². The Bertz CT molecular complexity index is 968. The maximum absolute atomic E-state index is 15.0. The summed E-state index contributed by atoms with van der Waals surface area (Å²) in [6.45, 7) is 0.169. The standard InChI is InChI=1S/C15H15FN4O4S/c16-14-11(10-5-17-19(7-10)6-9-1-2-9)3-4-12(21)15(14)20-8-13(22)18-25(20,23)24/h3-5,7,9,21H,1-2,6,8H2,(H,18,22). The third-order valence-corrected chi connectivity index (χ3v) is 5.63. The molecule has 2 aliphatic rings. The van der Waals surface area contributed by atoms with Crippen LogP contribution >= 0.6 is 0 Å². The van der Waals surface area contributed by atoms with Crippen molar-refractivity contribution in [3.8, 4) is 16.9 Å². The number of nitrogens with zero attached hydrogens (tertiary/aromatic N) is 3. The molecule has 25 heavy (non-hydrogen) atoms. The van der Waals surface area contributed by atoms with Gasteiger partial charge in [-0.15, -0.1) is 0 Å². The largest absolute Gasteiger partial charge is 0.506 e. The average molecular weight is 366 g/mol. The zero-order valence-electron chi connectivity index (χ0n) is 13.0. The minimum absolute atomic E-state index is 0.101. The van der Waals surface area contributed by atoms with Crippen molar-refractivity contribution < 1.29 is 22.7 Å². The molecule has 1 amide bonds. The molecule has 0 radical (unpaired) electrons. The lowest BCUT2D eigenvalue weighted by Crippen LogP contribution is -2.30. The fourth-order valence-corrected chi connectivity index (χ4v) is 3.99. The number of carbonyl (C=O) groups is 1. The third kappa shape index (κ3) is 2.82. The van der Waals surface area contributed by atoms with E-state index in [1.165, 1.54) is 18.3 Å². The zero-order valence-corrected chi connectivity index (χ0v) is 13.8. The van der Waals surface area contributed by atoms with Crippen molar-refractivity contribution in [2.45, 2.75) is 19.4 Å². The quantitative estimate of drug-likeness (QED) is 0.840. The number of hydrogen-bond acceptors (Lipinski definition) is 5. The average Bonchev–Trinajstić information content (AvgIpc) is 3.14. The molecule has 1 aliphatic heterocycles. The topological polar surface area (TPSA) is 105 Å². The van der Waals surface area contributed by atoms with Gasteiger partial charge in [-0.3, -0.25) is 9.48 Å². The highest BCUT2D eigenvalue weighted by molar-refractivity contribution is 7.92. The number of nitrogens with one attached hydrogen (secondary N) is 1. The van der Waals surface area contributed by atoms with Gasteiger partial charge in [-0.25, -0.2) is 13.4 Å². The van der Waals surface area contributed by atoms with E-state index in [1.54, 1.807) is 15.6 Å². The molecule has 1 aromatic heterocycles. The van der Waals surface area contributed by atoms with Crippen LogP contribution in [0.1, 0.15) is 12.8 Å². The van der Waals surface area contributed by atoms with Crippen LogP contribution in [0.15, 0.2) is 24.5 Å². The van der Waals surface area contributed by atoms with Crippen LogP contribution in [0.5, 0.6) is 5.75 Å². The van der Waals surface area contributed by atoms with Crippen LogP contribution in [0.4, 0.5) is 10.1 Å². The normalized spacial score (nSPS) is 19.2. The molecule has 4 rings (SSSR count). The summed E-state index contributed by atoms with van der Waals surface area (Å²) in [5.41, 5.74) is 0.0190. The van der Waals surface area contributed by atoms with Crippen molar-refractivity contribution in [3.05, 3.63) is 30.3 Å². The number of hydrogen-bond donors (Lipinski definition) is 2. The summed E-state index contributed by atoms with van der Waals surface area (Å²) in [6.07, 6.45) is 5.48. The van der Waals surface area contributed by atoms with Crippen LogP contribution in [0.25, 0.3) is 11.1 Å². The highest BCUT2D eigenvalue weighted by atomic mass is 32.2. The molecule has 0 unspecified atom stereocenters. The molecule has 0 bridgehead atoms. The summed E-state index contributed by atoms with van der Waals surface area (Å²) < 4.78 is 42.9. The Balaban J connectivity index is 1.75. The molecular weight excluding hydrogens is 351 g/mol. The number of halogens is 1. The number of benzene rings is 1. The SMILES string of the molecule is O=C1CN(c2c(O)ccc(-c3cnn(CC4CC4)c3)c2F)S(=O)(=O)N1. The van der Waals surface area contributed by atoms with E-state index in [4.69, 9.17) is 0 Å². The second-order valence-corrected chi connectivity index (χ2v) is 7.82. The molecule has 2 aromatic rings. The number of amides is 1. The number of aromatic hydroxyl groups is 1. The monoisotopic (exact) mass is 366 g/mol. The number of rotatable bonds is 4. The molecule has 1 aliphatic carbocycles. The Hall–Kier alpha value is -2.62. The molecule has 1 aromatic carbocycles. The van der Waals surface area contributed by atoms with Crippen LogP contribution in [0, 0.1) is 11.7 Å². The van der Waals surface area contributed by atoms with Gasteiger partial charge in [0.15, 0.2) is 5.82 Å². The van der Waals surface area contributed by atoms with E-state index in [1.807, 2.05) is 0 Å². The number of aromatic nitrogens is 2. The van der Waals surface area contributed by atoms with Gasteiger partial charge in [-0.1, -0.05) is 0 Å². The summed E-state index contributed by atoms with van der Waals surface area (Å²) in [5, 5.41) is 14.2. The predicted octanol–water partition coefficient (Wildman–Crippen LogP) is 0.986. The molecule has 10 heteroatoms. The van der Waals surface area contributed by atoms with E-state index >= 15 is 0 Å². The first-order chi connectivity index (χ1) is 11.8. The summed E-state index contributed by atoms with van der Waals surface area (Å²) in [4.78, 5) is 11.4. The maximum Gasteiger partial charge on any atom is 0.326 e. The molecule has 2 heterocycles. The van der Waals surface area contributed by atoms with Crippen LogP contribution in [0.3, 0.4) is 0 Å². The van der Waals surface area contributed by atoms with Gasteiger partial charge in [0.1, 0.15) is 18.0 Å². The molecule has 132 valence electrons. The van der Waals surface area contributed by atoms with Crippen molar-refractivity contribution >= 4 is 21.8 Å². The summed E-state index contributed by atoms with van der Waals surface area (Å²) in [7, 11) is -4.22. The van der Waals surface area contributed by atoms with Gasteiger partial charge < -0.3 is 5.11 Å². The van der Waals surface area contributed by atoms with Crippen molar-refractivity contribution in [1.82, 2.24) is 14.5 Å². The fourth-order valence-electron chi connectivity index (χ4n) is 2.83. The lowest BCUT2D eigenvalue weighted by molar-refractivity contribution is -0.117. The van der Waals surface area contributed by atoms with Gasteiger partial charge in [0, 0.05) is 23.9 Å². The minimum Gasteiger partial charge on any atom is -0.506 e. The summed E-state index contributed by atoms with van der Waals surface area (Å²) in [6, 6.07) is 2.55. The van der Waals surface area contributed by atoms with Gasteiger partial charge in [-0.2, -0.15) is 13.5 Å². The van der Waals surface area contributed by atoms with Gasteiger partial charge in [0.2, 0.25) is 0 Å². The Morgan fingerprint density at radius 1 is 1.36 bits per heavy atom. The Labute approximate surface area is 143 Å². The van der Waals surface area contributed by atoms with E-state index in [-0.39, 0.29) is 5.56 Å². The predicted molar refractivity (Wildman–Crippen MR) is 86.4 cm³/mol. The van der Waals surface area contributed by atoms with Crippen molar-refractivity contribution in [1.29, 1.82) is 0 Å². The Morgan fingerprint density at radius 3 is 2.76 bits per heavy atom. The second-order valence-electron chi connectivity index (χ2n) is 6.23. The van der Waals surface area contributed by atoms with Crippen LogP contribution in [-0.4, -0.2) is 35.8 Å². The molecule has 0 spiro atoms. The van der Waals surface area contributed by atoms with Crippen LogP contribution in [-0.2, 0) is 21.5 Å². The molecule has 2 fully saturated rings. The smallest absolute Gasteiger partial charge is 0.326 e. The molecule has 8 nitrogen and oxygen atoms in total. The van der Waals surface area contributed by atoms with Gasteiger partial charge in [-0.05, 0) is 30.9 Å². The molecule has 1 saturated carbocycles. The number of phenolic OH excluding ortho intramolecular Hbond substituents is 1. The summed E-state index contributed by atoms with van der Waals surface area (Å²) in [5.74, 6) is -1.68. The number of phenols is 1. The molecule has 2 N–H and O–H groups in total. The lowest BCUT2D eigenvalue weighted by Gasteiger charge is -2.18. The van der Waals surface area contributed by atoms with Gasteiger partial charge >= 0.3 is 10.2 Å². The first-order valence-corrected chi connectivity index (χ1v) is 9.17. The van der Waals surface area contributed by atoms with E-state index < -0.39 is 39.9 Å². The van der Waals surface area contributed by atoms with Crippen molar-refractivity contribution in [2.24, 2.45) is 5.92 Å². The van der Waals surface area contributed by atoms with Gasteiger partial charge in [0.25, 0.3) is 5.91 Å². The highest BCUT2D eigenvalue weighted by Gasteiger charge is 2.38. The maximum atomic E-state index is 15.0. The minimum atomic E-state index is -4.22. The first kappa shape index (κ1) is 15.9. The molecule has 0 atom stereocenters. The Morgan fingerprint density at radius 2 is 2.12 bits per heavy atom. The molecular formula is C15H15FN4O4S. The van der Waals surface area contributed by atoms with E-state index in [9.17, 15) is 22.7 Å². The van der Waals surface area contributed by atoms with E-state index in [2.05, 4.69) is 5.10 Å². The van der Waals surface area contributed by atoms with Gasteiger partial charge in [0.05, 0.1) is 6.20 Å². The zero-order chi connectivity index (χ0) is 17.8. The number of anilines is 1. The van der Waals surface area contributed by atoms with Crippen molar-refractivity contribution in [2.75, 3.05) is 10.8 Å².